The van der Waals surface area contributed by atoms with E-state index < -0.39 is 18.7 Å². The minimum Gasteiger partial charge on any atom is -0.372 e. The van der Waals surface area contributed by atoms with Crippen molar-refractivity contribution in [3.05, 3.63) is 0 Å². The van der Waals surface area contributed by atoms with Crippen LogP contribution in [0.15, 0.2) is 0 Å². The summed E-state index contributed by atoms with van der Waals surface area (Å²) in [7, 11) is 0. The third kappa shape index (κ3) is 4.24. The number of rotatable bonds is 5. The van der Waals surface area contributed by atoms with Crippen molar-refractivity contribution in [1.29, 1.82) is 0 Å². The quantitative estimate of drug-likeness (QED) is 0.615. The molecule has 1 atom stereocenters. The summed E-state index contributed by atoms with van der Waals surface area (Å²) >= 11 is 0. The van der Waals surface area contributed by atoms with Crippen LogP contribution in [0.3, 0.4) is 0 Å². The fourth-order valence-corrected chi connectivity index (χ4v) is 0.783. The van der Waals surface area contributed by atoms with E-state index in [-0.39, 0.29) is 13.0 Å². The van der Waals surface area contributed by atoms with E-state index in [9.17, 15) is 13.2 Å². The number of hydrogen-bond donors (Lipinski definition) is 0. The summed E-state index contributed by atoms with van der Waals surface area (Å²) in [5, 5.41) is 0. The second-order valence-corrected chi connectivity index (χ2v) is 2.38. The molecule has 0 aromatic heterocycles. The van der Waals surface area contributed by atoms with Crippen LogP contribution in [0.4, 0.5) is 13.2 Å². The van der Waals surface area contributed by atoms with E-state index in [2.05, 4.69) is 4.74 Å². The summed E-state index contributed by atoms with van der Waals surface area (Å²) < 4.78 is 41.3. The maximum absolute atomic E-state index is 12.5. The zero-order valence-corrected chi connectivity index (χ0v) is 6.74. The van der Waals surface area contributed by atoms with Gasteiger partial charge in [-0.2, -0.15) is 0 Å². The molecule has 4 heteroatoms. The van der Waals surface area contributed by atoms with Gasteiger partial charge < -0.3 is 4.74 Å². The molecule has 11 heavy (non-hydrogen) atoms. The zero-order chi connectivity index (χ0) is 8.91. The summed E-state index contributed by atoms with van der Waals surface area (Å²) in [6, 6.07) is 0. The first-order valence-corrected chi connectivity index (χ1v) is 3.57. The Kier molecular flexibility index (Phi) is 4.49. The van der Waals surface area contributed by atoms with Gasteiger partial charge in [-0.3, -0.25) is 4.39 Å². The Balaban J connectivity index is 3.88. The van der Waals surface area contributed by atoms with Crippen LogP contribution in [0, 0.1) is 0 Å². The van der Waals surface area contributed by atoms with Gasteiger partial charge in [0.05, 0.1) is 6.67 Å². The van der Waals surface area contributed by atoms with Crippen LogP contribution in [0.2, 0.25) is 0 Å². The molecule has 0 rings (SSSR count). The largest absolute Gasteiger partial charge is 0.372 e. The van der Waals surface area contributed by atoms with E-state index in [1.165, 1.54) is 0 Å². The van der Waals surface area contributed by atoms with Crippen molar-refractivity contribution in [3.63, 3.8) is 0 Å². The monoisotopic (exact) mass is 170 g/mol. The topological polar surface area (TPSA) is 9.23 Å². The van der Waals surface area contributed by atoms with Gasteiger partial charge in [-0.25, -0.2) is 8.78 Å². The van der Waals surface area contributed by atoms with Gasteiger partial charge in [0.25, 0.3) is 5.92 Å². The van der Waals surface area contributed by atoms with Gasteiger partial charge in [0.1, 0.15) is 6.10 Å². The molecule has 0 fully saturated rings. The summed E-state index contributed by atoms with van der Waals surface area (Å²) in [6.45, 7) is 1.77. The molecule has 0 aliphatic carbocycles. The Morgan fingerprint density at radius 2 is 2.00 bits per heavy atom. The van der Waals surface area contributed by atoms with Gasteiger partial charge in [0, 0.05) is 20.0 Å². The van der Waals surface area contributed by atoms with Gasteiger partial charge in [0.15, 0.2) is 0 Å². The molecule has 1 nitrogen and oxygen atoms in total. The summed E-state index contributed by atoms with van der Waals surface area (Å²) in [5.41, 5.74) is 0. The maximum atomic E-state index is 12.5. The van der Waals surface area contributed by atoms with Gasteiger partial charge in [0.2, 0.25) is 0 Å². The summed E-state index contributed by atoms with van der Waals surface area (Å²) in [5.74, 6) is -2.94. The molecule has 0 aliphatic heterocycles. The molecule has 0 saturated carbocycles. The number of ether oxygens (including phenoxy) is 1. The molecule has 68 valence electrons. The third-order valence-corrected chi connectivity index (χ3v) is 1.30. The van der Waals surface area contributed by atoms with E-state index in [0.717, 1.165) is 6.92 Å². The van der Waals surface area contributed by atoms with Gasteiger partial charge in [-0.15, -0.1) is 0 Å². The van der Waals surface area contributed by atoms with Crippen LogP contribution in [-0.2, 0) is 4.74 Å². The number of hydrogen-bond acceptors (Lipinski definition) is 1. The number of halogens is 3. The highest BCUT2D eigenvalue weighted by atomic mass is 19.3. The standard InChI is InChI=1S/C7H13F3O/c1-3-11-6(4-5-8)7(2,9)10/h6H,3-5H2,1-2H3. The minimum atomic E-state index is -2.94. The SMILES string of the molecule is CCOC(CCF)C(C)(F)F. The van der Waals surface area contributed by atoms with Crippen molar-refractivity contribution < 1.29 is 17.9 Å². The lowest BCUT2D eigenvalue weighted by atomic mass is 10.1. The molecule has 0 radical (unpaired) electrons. The fraction of sp³-hybridized carbons (Fsp3) is 1.00. The molecule has 0 aromatic rings. The van der Waals surface area contributed by atoms with E-state index >= 15 is 0 Å². The van der Waals surface area contributed by atoms with Crippen molar-refractivity contribution >= 4 is 0 Å². The van der Waals surface area contributed by atoms with Crippen LogP contribution >= 0.6 is 0 Å². The average Bonchev–Trinajstić information content (AvgIpc) is 1.85. The zero-order valence-electron chi connectivity index (χ0n) is 6.74. The molecule has 0 aliphatic rings. The molecule has 0 N–H and O–H groups in total. The molecule has 0 saturated heterocycles. The van der Waals surface area contributed by atoms with Crippen molar-refractivity contribution in [2.45, 2.75) is 32.3 Å². The highest BCUT2D eigenvalue weighted by Crippen LogP contribution is 2.22. The molecular weight excluding hydrogens is 157 g/mol. The smallest absolute Gasteiger partial charge is 0.271 e. The van der Waals surface area contributed by atoms with E-state index in [1.807, 2.05) is 0 Å². The molecular formula is C7H13F3O. The molecule has 1 unspecified atom stereocenters. The Morgan fingerprint density at radius 1 is 1.45 bits per heavy atom. The first-order chi connectivity index (χ1) is 5.02. The van der Waals surface area contributed by atoms with E-state index in [4.69, 9.17) is 0 Å². The molecule has 0 spiro atoms. The molecule has 0 amide bonds. The minimum absolute atomic E-state index is 0.189. The Hall–Kier alpha value is -0.250. The predicted molar refractivity (Wildman–Crippen MR) is 36.6 cm³/mol. The first-order valence-electron chi connectivity index (χ1n) is 3.57. The van der Waals surface area contributed by atoms with Crippen molar-refractivity contribution in [2.75, 3.05) is 13.3 Å². The van der Waals surface area contributed by atoms with Crippen molar-refractivity contribution in [1.82, 2.24) is 0 Å². The molecule has 0 bridgehead atoms. The maximum Gasteiger partial charge on any atom is 0.271 e. The van der Waals surface area contributed by atoms with E-state index in [1.54, 1.807) is 6.92 Å². The van der Waals surface area contributed by atoms with Crippen LogP contribution in [0.5, 0.6) is 0 Å². The van der Waals surface area contributed by atoms with E-state index in [0.29, 0.717) is 0 Å². The Bertz CT molecular complexity index is 94.3. The number of alkyl halides is 3. The van der Waals surface area contributed by atoms with Crippen LogP contribution in [0.1, 0.15) is 20.3 Å². The highest BCUT2D eigenvalue weighted by molar-refractivity contribution is 4.72. The first kappa shape index (κ1) is 10.8. The Labute approximate surface area is 64.5 Å². The lowest BCUT2D eigenvalue weighted by molar-refractivity contribution is -0.127. The van der Waals surface area contributed by atoms with Gasteiger partial charge in [-0.05, 0) is 6.92 Å². The lowest BCUT2D eigenvalue weighted by Crippen LogP contribution is -2.33. The van der Waals surface area contributed by atoms with Gasteiger partial charge >= 0.3 is 0 Å². The lowest BCUT2D eigenvalue weighted by Gasteiger charge is -2.21. The summed E-state index contributed by atoms with van der Waals surface area (Å²) in [4.78, 5) is 0. The third-order valence-electron chi connectivity index (χ3n) is 1.30. The van der Waals surface area contributed by atoms with Crippen molar-refractivity contribution in [2.24, 2.45) is 0 Å². The fourth-order valence-electron chi connectivity index (χ4n) is 0.783. The van der Waals surface area contributed by atoms with Crippen molar-refractivity contribution in [3.8, 4) is 0 Å². The summed E-state index contributed by atoms with van der Waals surface area (Å²) in [6.07, 6.45) is -1.52. The van der Waals surface area contributed by atoms with Gasteiger partial charge in [-0.1, -0.05) is 0 Å². The van der Waals surface area contributed by atoms with Crippen LogP contribution in [0.25, 0.3) is 0 Å². The normalized spacial score (nSPS) is 15.0. The molecule has 0 heterocycles. The highest BCUT2D eigenvalue weighted by Gasteiger charge is 2.34. The molecule has 0 aromatic carbocycles. The Morgan fingerprint density at radius 3 is 2.27 bits per heavy atom. The van der Waals surface area contributed by atoms with Crippen LogP contribution in [-0.4, -0.2) is 25.3 Å². The van der Waals surface area contributed by atoms with Crippen LogP contribution < -0.4 is 0 Å². The second-order valence-electron chi connectivity index (χ2n) is 2.38. The average molecular weight is 170 g/mol. The predicted octanol–water partition coefficient (Wildman–Crippen LogP) is 2.41. The second kappa shape index (κ2) is 4.59.